The van der Waals surface area contributed by atoms with Crippen LogP contribution in [-0.4, -0.2) is 45.5 Å². The van der Waals surface area contributed by atoms with Gasteiger partial charge >= 0.3 is 89.6 Å². The largest absolute Gasteiger partial charge is 5.00 e. The second kappa shape index (κ2) is 16.9. The van der Waals surface area contributed by atoms with Gasteiger partial charge in [-0.3, -0.25) is 0 Å². The summed E-state index contributed by atoms with van der Waals surface area (Å²) in [6, 6.07) is 0. The molecule has 0 aromatic heterocycles. The van der Waals surface area contributed by atoms with E-state index in [-0.39, 0.29) is 95.1 Å². The van der Waals surface area contributed by atoms with Crippen LogP contribution in [0.2, 0.25) is 0 Å². The van der Waals surface area contributed by atoms with E-state index in [0.29, 0.717) is 0 Å². The van der Waals surface area contributed by atoms with Crippen molar-refractivity contribution in [3.63, 3.8) is 0 Å². The first-order valence-electron chi connectivity index (χ1n) is 0. The van der Waals surface area contributed by atoms with Crippen molar-refractivity contribution in [2.45, 2.75) is 0 Å². The Balaban J connectivity index is 0. The van der Waals surface area contributed by atoms with Crippen LogP contribution < -0.4 is 0 Å². The van der Waals surface area contributed by atoms with E-state index in [2.05, 4.69) is 0 Å². The maximum Gasteiger partial charge on any atom is 5.00 e. The van der Waals surface area contributed by atoms with E-state index in [0.717, 1.165) is 0 Å². The zero-order chi connectivity index (χ0) is 0. The second-order valence-electron chi connectivity index (χ2n) is 0. The Labute approximate surface area is 92.9 Å². The second-order valence-corrected chi connectivity index (χ2v) is 0. The first-order valence-corrected chi connectivity index (χ1v) is 0. The third-order valence-corrected chi connectivity index (χ3v) is 0. The van der Waals surface area contributed by atoms with Gasteiger partial charge in [-0.1, -0.05) is 0 Å². The number of hydrogen-bond donors (Lipinski definition) is 0. The van der Waals surface area contributed by atoms with Crippen LogP contribution in [0.25, 0.3) is 0 Å². The summed E-state index contributed by atoms with van der Waals surface area (Å²) in [7, 11) is 0. The van der Waals surface area contributed by atoms with Gasteiger partial charge in [0.05, 0.1) is 0 Å². The van der Waals surface area contributed by atoms with Gasteiger partial charge in [-0.2, -0.15) is 0 Å². The minimum Gasteiger partial charge on any atom is -2.00 e. The fourth-order valence-corrected chi connectivity index (χ4v) is 0. The van der Waals surface area contributed by atoms with Gasteiger partial charge in [0.1, 0.15) is 0 Å². The summed E-state index contributed by atoms with van der Waals surface area (Å²) in [6.45, 7) is 0. The van der Waals surface area contributed by atoms with E-state index in [9.17, 15) is 0 Å². The molecule has 0 bridgehead atoms. The van der Waals surface area contributed by atoms with Crippen molar-refractivity contribution in [3.05, 3.63) is 0 Å². The van der Waals surface area contributed by atoms with Crippen LogP contribution in [0.15, 0.2) is 0 Å². The predicted molar refractivity (Wildman–Crippen MR) is 6.44 cm³/mol. The van der Waals surface area contributed by atoms with Crippen LogP contribution >= 0.6 is 0 Å². The molecule has 0 aromatic rings. The molecule has 0 aliphatic carbocycles. The van der Waals surface area contributed by atoms with Crippen molar-refractivity contribution in [1.29, 1.82) is 0 Å². The van der Waals surface area contributed by atoms with Crippen LogP contribution in [-0.2, 0) is 49.6 Å². The minimum absolute atomic E-state index is 0. The van der Waals surface area contributed by atoms with Gasteiger partial charge in [-0.25, -0.2) is 0 Å². The summed E-state index contributed by atoms with van der Waals surface area (Å²) in [5.41, 5.74) is 0. The Hall–Kier alpha value is 2.90. The molecule has 0 saturated carbocycles. The molecule has 0 radical (unpaired) electrons. The normalized spacial score (nSPS) is 0. The molecule has 0 N–H and O–H groups in total. The third-order valence-electron chi connectivity index (χ3n) is 0. The summed E-state index contributed by atoms with van der Waals surface area (Å²) in [6.07, 6.45) is 0. The zero-order valence-electron chi connectivity index (χ0n) is 2.06. The summed E-state index contributed by atoms with van der Waals surface area (Å²) in [5, 5.41) is 0. The first-order chi connectivity index (χ1) is 0. The van der Waals surface area contributed by atoms with Crippen LogP contribution in [0.1, 0.15) is 0 Å². The van der Waals surface area contributed by atoms with Gasteiger partial charge in [0.25, 0.3) is 0 Å². The van der Waals surface area contributed by atoms with Crippen molar-refractivity contribution in [1.82, 2.24) is 0 Å². The van der Waals surface area contributed by atoms with Crippen LogP contribution in [0.3, 0.4) is 0 Å². The van der Waals surface area contributed by atoms with Gasteiger partial charge in [-0.05, 0) is 0 Å². The van der Waals surface area contributed by atoms with Crippen LogP contribution in [0.5, 0.6) is 0 Å². The van der Waals surface area contributed by atoms with Crippen molar-refractivity contribution in [3.8, 4) is 0 Å². The average Bonchev–Trinajstić information content (AvgIpc) is 0. The molecular weight excluding hydrogens is 332 g/mol. The Morgan fingerprint density at radius 1 is 1.00 bits per heavy atom. The van der Waals surface area contributed by atoms with E-state index < -0.39 is 0 Å². The third kappa shape index (κ3) is 8.86. The Bertz CT molecular complexity index is 8.00. The van der Waals surface area contributed by atoms with E-state index in [1.54, 1.807) is 0 Å². The molecule has 0 saturated heterocycles. The Kier molecular flexibility index (Phi) is 120. The van der Waals surface area contributed by atoms with Crippen molar-refractivity contribution >= 4 is 45.5 Å². The Morgan fingerprint density at radius 2 is 1.00 bits per heavy atom. The van der Waals surface area contributed by atoms with E-state index in [4.69, 9.17) is 0 Å². The molecule has 0 aromatic carbocycles. The number of hydrogen-bond acceptors (Lipinski definition) is 0. The van der Waals surface area contributed by atoms with Gasteiger partial charge in [-0.15, -0.1) is 0 Å². The predicted octanol–water partition coefficient (Wildman–Crippen LogP) is -0.505. The van der Waals surface area contributed by atoms with Crippen LogP contribution in [0, 0.1) is 0 Å². The topological polar surface area (TPSA) is 28.5 Å². The zero-order valence-corrected chi connectivity index (χ0v) is 10.3. The Morgan fingerprint density at radius 3 is 1.00 bits per heavy atom. The molecule has 0 unspecified atom stereocenters. The molecule has 4 heteroatoms. The summed E-state index contributed by atoms with van der Waals surface area (Å²) in [4.78, 5) is 0. The minimum atomic E-state index is 0. The summed E-state index contributed by atoms with van der Waals surface area (Å²) in [5.74, 6) is 0. The molecule has 0 heterocycles. The molecular formula is OSrTaTi+9. The maximum atomic E-state index is 0. The van der Waals surface area contributed by atoms with Crippen molar-refractivity contribution in [2.24, 2.45) is 0 Å². The summed E-state index contributed by atoms with van der Waals surface area (Å²) >= 11 is 0. The summed E-state index contributed by atoms with van der Waals surface area (Å²) < 4.78 is 0. The molecule has 0 atom stereocenters. The van der Waals surface area contributed by atoms with Gasteiger partial charge in [0.15, 0.2) is 0 Å². The van der Waals surface area contributed by atoms with Crippen molar-refractivity contribution < 1.29 is 49.6 Å². The monoisotopic (exact) mass is 333 g/mol. The average molecular weight is 332 g/mol. The smallest absolute Gasteiger partial charge is 2.00 e. The standard InChI is InChI=1S/O.Sr.Ta.Ti/q-2;+2;+5;+4. The quantitative estimate of drug-likeness (QED) is 0.535. The molecule has 0 amide bonds. The maximum absolute atomic E-state index is 0. The SMILES string of the molecule is [O-2].[Sr+2].[Ta+5].[Ti+4]. The number of rotatable bonds is 0. The molecule has 0 aliphatic heterocycles. The molecule has 1 nitrogen and oxygen atoms in total. The molecule has 0 fully saturated rings. The fourth-order valence-electron chi connectivity index (χ4n) is 0. The first kappa shape index (κ1) is 28.6. The fraction of sp³-hybridized carbons (Fsp3) is 0. The van der Waals surface area contributed by atoms with Gasteiger partial charge in [0.2, 0.25) is 0 Å². The molecule has 4 heavy (non-hydrogen) atoms. The van der Waals surface area contributed by atoms with E-state index in [1.807, 2.05) is 0 Å². The van der Waals surface area contributed by atoms with Crippen molar-refractivity contribution in [2.75, 3.05) is 0 Å². The van der Waals surface area contributed by atoms with Gasteiger partial charge < -0.3 is 5.48 Å². The molecule has 8 valence electrons. The van der Waals surface area contributed by atoms with Crippen LogP contribution in [0.4, 0.5) is 0 Å². The van der Waals surface area contributed by atoms with Gasteiger partial charge in [0, 0.05) is 0 Å². The molecule has 0 aliphatic rings. The van der Waals surface area contributed by atoms with E-state index in [1.165, 1.54) is 0 Å². The molecule has 0 spiro atoms. The molecule has 0 rings (SSSR count). The van der Waals surface area contributed by atoms with E-state index >= 15 is 0 Å².